The highest BCUT2D eigenvalue weighted by molar-refractivity contribution is 7.91. The summed E-state index contributed by atoms with van der Waals surface area (Å²) in [6.07, 6.45) is 0.835. The third-order valence-electron chi connectivity index (χ3n) is 4.26. The number of piperazine rings is 1. The number of carbonyl (C=O) groups is 2. The Balaban J connectivity index is 2.93. The molecule has 0 aromatic carbocycles. The third-order valence-corrected chi connectivity index (χ3v) is 6.05. The molecule has 7 heteroatoms. The largest absolute Gasteiger partial charge is 0.340 e. The first-order valence-electron chi connectivity index (χ1n) is 7.35. The predicted octanol–water partition coefficient (Wildman–Crippen LogP) is 0.717. The van der Waals surface area contributed by atoms with Gasteiger partial charge in [0.15, 0.2) is 0 Å². The SMILES string of the molecule is CCC1(C)C(=O)NC(C)(C)C(=O)N1CCCS(=O)(=O)CC. The zero-order valence-corrected chi connectivity index (χ0v) is 14.3. The minimum Gasteiger partial charge on any atom is -0.340 e. The van der Waals surface area contributed by atoms with Gasteiger partial charge < -0.3 is 10.2 Å². The van der Waals surface area contributed by atoms with Gasteiger partial charge in [0, 0.05) is 12.3 Å². The van der Waals surface area contributed by atoms with E-state index < -0.39 is 20.9 Å². The van der Waals surface area contributed by atoms with Crippen molar-refractivity contribution in [3.63, 3.8) is 0 Å². The summed E-state index contributed by atoms with van der Waals surface area (Å²) in [6.45, 7) is 8.79. The van der Waals surface area contributed by atoms with Crippen LogP contribution in [-0.4, -0.2) is 54.3 Å². The van der Waals surface area contributed by atoms with Crippen LogP contribution in [0.2, 0.25) is 0 Å². The standard InChI is InChI=1S/C14H26N2O4S/c1-6-14(5)11(17)15-13(3,4)12(18)16(14)9-8-10-21(19,20)7-2/h6-10H2,1-5H3,(H,15,17). The molecule has 122 valence electrons. The van der Waals surface area contributed by atoms with Crippen molar-refractivity contribution in [2.45, 2.75) is 58.5 Å². The molecule has 1 atom stereocenters. The molecular weight excluding hydrogens is 292 g/mol. The lowest BCUT2D eigenvalue weighted by Crippen LogP contribution is -2.73. The Kier molecular flexibility index (Phi) is 5.08. The van der Waals surface area contributed by atoms with E-state index in [9.17, 15) is 18.0 Å². The molecule has 1 rings (SSSR count). The first kappa shape index (κ1) is 17.9. The quantitative estimate of drug-likeness (QED) is 0.782. The van der Waals surface area contributed by atoms with Gasteiger partial charge in [-0.25, -0.2) is 8.42 Å². The van der Waals surface area contributed by atoms with Crippen LogP contribution >= 0.6 is 0 Å². The molecule has 0 spiro atoms. The number of hydrogen-bond donors (Lipinski definition) is 1. The van der Waals surface area contributed by atoms with Crippen molar-refractivity contribution >= 4 is 21.7 Å². The van der Waals surface area contributed by atoms with Crippen molar-refractivity contribution in [3.05, 3.63) is 0 Å². The molecule has 0 aromatic rings. The maximum absolute atomic E-state index is 12.6. The third kappa shape index (κ3) is 3.56. The molecule has 21 heavy (non-hydrogen) atoms. The molecule has 1 fully saturated rings. The summed E-state index contributed by atoms with van der Waals surface area (Å²) in [4.78, 5) is 26.4. The second-order valence-corrected chi connectivity index (χ2v) is 8.73. The maximum Gasteiger partial charge on any atom is 0.248 e. The molecule has 1 saturated heterocycles. The number of rotatable bonds is 6. The van der Waals surface area contributed by atoms with Gasteiger partial charge in [0.05, 0.1) is 5.75 Å². The Labute approximate surface area is 127 Å². The first-order valence-corrected chi connectivity index (χ1v) is 9.17. The van der Waals surface area contributed by atoms with Gasteiger partial charge >= 0.3 is 0 Å². The van der Waals surface area contributed by atoms with Gasteiger partial charge in [0.1, 0.15) is 20.9 Å². The molecule has 0 aromatic heterocycles. The van der Waals surface area contributed by atoms with E-state index in [-0.39, 0.29) is 29.9 Å². The van der Waals surface area contributed by atoms with Crippen LogP contribution in [0.25, 0.3) is 0 Å². The number of nitrogens with one attached hydrogen (secondary N) is 1. The summed E-state index contributed by atoms with van der Waals surface area (Å²) in [7, 11) is -3.06. The molecule has 0 radical (unpaired) electrons. The topological polar surface area (TPSA) is 83.6 Å². The van der Waals surface area contributed by atoms with Crippen LogP contribution in [0, 0.1) is 0 Å². The number of amides is 2. The number of nitrogens with zero attached hydrogens (tertiary/aromatic N) is 1. The summed E-state index contributed by atoms with van der Waals surface area (Å²) in [5, 5.41) is 2.75. The Morgan fingerprint density at radius 1 is 1.14 bits per heavy atom. The zero-order chi connectivity index (χ0) is 16.5. The van der Waals surface area contributed by atoms with Crippen LogP contribution in [0.1, 0.15) is 47.5 Å². The Hall–Kier alpha value is -1.11. The minimum absolute atomic E-state index is 0.0368. The van der Waals surface area contributed by atoms with Crippen molar-refractivity contribution in [2.75, 3.05) is 18.1 Å². The summed E-state index contributed by atoms with van der Waals surface area (Å²) in [6, 6.07) is 0. The summed E-state index contributed by atoms with van der Waals surface area (Å²) in [5.74, 6) is -0.221. The smallest absolute Gasteiger partial charge is 0.248 e. The van der Waals surface area contributed by atoms with Crippen LogP contribution in [0.3, 0.4) is 0 Å². The number of hydrogen-bond acceptors (Lipinski definition) is 4. The molecule has 1 N–H and O–H groups in total. The van der Waals surface area contributed by atoms with E-state index in [0.717, 1.165) is 0 Å². The average molecular weight is 318 g/mol. The number of carbonyl (C=O) groups excluding carboxylic acids is 2. The lowest BCUT2D eigenvalue weighted by molar-refractivity contribution is -0.160. The minimum atomic E-state index is -3.06. The van der Waals surface area contributed by atoms with Gasteiger partial charge in [-0.3, -0.25) is 9.59 Å². The van der Waals surface area contributed by atoms with E-state index in [2.05, 4.69) is 5.32 Å². The molecule has 1 aliphatic rings. The van der Waals surface area contributed by atoms with Gasteiger partial charge in [-0.2, -0.15) is 0 Å². The molecule has 6 nitrogen and oxygen atoms in total. The fourth-order valence-corrected chi connectivity index (χ4v) is 3.30. The summed E-state index contributed by atoms with van der Waals surface area (Å²) < 4.78 is 23.1. The van der Waals surface area contributed by atoms with Crippen molar-refractivity contribution in [1.29, 1.82) is 0 Å². The van der Waals surface area contributed by atoms with E-state index in [4.69, 9.17) is 0 Å². The lowest BCUT2D eigenvalue weighted by atomic mass is 9.86. The molecular formula is C14H26N2O4S. The van der Waals surface area contributed by atoms with E-state index in [1.165, 1.54) is 4.90 Å². The molecule has 0 bridgehead atoms. The van der Waals surface area contributed by atoms with E-state index in [1.807, 2.05) is 6.92 Å². The molecule has 0 aliphatic carbocycles. The van der Waals surface area contributed by atoms with Crippen molar-refractivity contribution in [3.8, 4) is 0 Å². The first-order chi connectivity index (χ1) is 9.50. The second-order valence-electron chi connectivity index (χ2n) is 6.25. The van der Waals surface area contributed by atoms with Crippen LogP contribution in [0.5, 0.6) is 0 Å². The Morgan fingerprint density at radius 3 is 2.19 bits per heavy atom. The summed E-state index contributed by atoms with van der Waals surface area (Å²) >= 11 is 0. The Bertz CT molecular complexity index is 527. The fourth-order valence-electron chi connectivity index (χ4n) is 2.44. The van der Waals surface area contributed by atoms with Gasteiger partial charge in [0.2, 0.25) is 11.8 Å². The highest BCUT2D eigenvalue weighted by Gasteiger charge is 2.51. The van der Waals surface area contributed by atoms with Crippen LogP contribution in [0.4, 0.5) is 0 Å². The van der Waals surface area contributed by atoms with Gasteiger partial charge in [-0.05, 0) is 33.6 Å². The number of sulfone groups is 1. The van der Waals surface area contributed by atoms with Crippen LogP contribution in [-0.2, 0) is 19.4 Å². The van der Waals surface area contributed by atoms with Crippen LogP contribution < -0.4 is 5.32 Å². The fraction of sp³-hybridized carbons (Fsp3) is 0.857. The second kappa shape index (κ2) is 5.94. The van der Waals surface area contributed by atoms with E-state index in [1.54, 1.807) is 27.7 Å². The van der Waals surface area contributed by atoms with E-state index >= 15 is 0 Å². The molecule has 0 saturated carbocycles. The molecule has 1 heterocycles. The van der Waals surface area contributed by atoms with Crippen molar-refractivity contribution in [2.24, 2.45) is 0 Å². The van der Waals surface area contributed by atoms with Crippen LogP contribution in [0.15, 0.2) is 0 Å². The van der Waals surface area contributed by atoms with Gasteiger partial charge in [-0.15, -0.1) is 0 Å². The van der Waals surface area contributed by atoms with E-state index in [0.29, 0.717) is 12.8 Å². The predicted molar refractivity (Wildman–Crippen MR) is 81.6 cm³/mol. The summed E-state index contributed by atoms with van der Waals surface area (Å²) in [5.41, 5.74) is -1.86. The lowest BCUT2D eigenvalue weighted by Gasteiger charge is -2.49. The highest BCUT2D eigenvalue weighted by atomic mass is 32.2. The average Bonchev–Trinajstić information content (AvgIpc) is 2.40. The van der Waals surface area contributed by atoms with Gasteiger partial charge in [-0.1, -0.05) is 13.8 Å². The molecule has 1 unspecified atom stereocenters. The Morgan fingerprint density at radius 2 is 1.71 bits per heavy atom. The molecule has 1 aliphatic heterocycles. The molecule has 2 amide bonds. The monoisotopic (exact) mass is 318 g/mol. The van der Waals surface area contributed by atoms with Gasteiger partial charge in [0.25, 0.3) is 0 Å². The van der Waals surface area contributed by atoms with Crippen molar-refractivity contribution in [1.82, 2.24) is 10.2 Å². The zero-order valence-electron chi connectivity index (χ0n) is 13.5. The maximum atomic E-state index is 12.6. The van der Waals surface area contributed by atoms with Crippen molar-refractivity contribution < 1.29 is 18.0 Å². The highest BCUT2D eigenvalue weighted by Crippen LogP contribution is 2.29. The normalized spacial score (nSPS) is 25.9.